The Bertz CT molecular complexity index is 388. The zero-order chi connectivity index (χ0) is 13.2. The average Bonchev–Trinajstić information content (AvgIpc) is 2.24. The van der Waals surface area contributed by atoms with E-state index in [2.05, 4.69) is 39.0 Å². The fourth-order valence-electron chi connectivity index (χ4n) is 2.19. The van der Waals surface area contributed by atoms with Crippen molar-refractivity contribution in [2.45, 2.75) is 58.6 Å². The summed E-state index contributed by atoms with van der Waals surface area (Å²) in [5.74, 6) is 0.998. The third kappa shape index (κ3) is 4.02. The van der Waals surface area contributed by atoms with E-state index in [-0.39, 0.29) is 0 Å². The van der Waals surface area contributed by atoms with Gasteiger partial charge in [-0.15, -0.1) is 0 Å². The van der Waals surface area contributed by atoms with Crippen LogP contribution in [0.25, 0.3) is 0 Å². The highest BCUT2D eigenvalue weighted by Crippen LogP contribution is 2.26. The molecule has 1 aromatic rings. The first-order valence-electron chi connectivity index (χ1n) is 6.93. The lowest BCUT2D eigenvalue weighted by atomic mass is 9.88. The third-order valence-corrected chi connectivity index (χ3v) is 3.50. The molecule has 1 aliphatic carbocycles. The zero-order valence-corrected chi connectivity index (χ0v) is 11.8. The zero-order valence-electron chi connectivity index (χ0n) is 11.8. The molecule has 0 bridgehead atoms. The molecule has 1 aliphatic rings. The predicted octanol–water partition coefficient (Wildman–Crippen LogP) is 3.53. The monoisotopic (exact) mass is 247 g/mol. The SMILES string of the molecule is CC(C)(C)CCc1cccc(O[C@H]2C[C@@H](N)C2)c1. The van der Waals surface area contributed by atoms with E-state index >= 15 is 0 Å². The van der Waals surface area contributed by atoms with Gasteiger partial charge in [-0.05, 0) is 48.8 Å². The van der Waals surface area contributed by atoms with Crippen LogP contribution in [-0.2, 0) is 6.42 Å². The number of hydrogen-bond acceptors (Lipinski definition) is 2. The van der Waals surface area contributed by atoms with Crippen molar-refractivity contribution >= 4 is 0 Å². The molecule has 2 nitrogen and oxygen atoms in total. The molecular weight excluding hydrogens is 222 g/mol. The summed E-state index contributed by atoms with van der Waals surface area (Å²) in [7, 11) is 0. The van der Waals surface area contributed by atoms with Crippen molar-refractivity contribution < 1.29 is 4.74 Å². The van der Waals surface area contributed by atoms with Gasteiger partial charge in [0.1, 0.15) is 11.9 Å². The first-order chi connectivity index (χ1) is 8.42. The maximum absolute atomic E-state index is 5.91. The molecular formula is C16H25NO. The Hall–Kier alpha value is -1.02. The highest BCUT2D eigenvalue weighted by molar-refractivity contribution is 5.29. The highest BCUT2D eigenvalue weighted by Gasteiger charge is 2.27. The van der Waals surface area contributed by atoms with Gasteiger partial charge in [0.05, 0.1) is 0 Å². The molecule has 2 heteroatoms. The Labute approximate surface area is 111 Å². The molecule has 2 rings (SSSR count). The lowest BCUT2D eigenvalue weighted by Crippen LogP contribution is -2.43. The standard InChI is InChI=1S/C16H25NO/c1-16(2,3)8-7-12-5-4-6-14(9-12)18-15-10-13(17)11-15/h4-6,9,13,15H,7-8,10-11,17H2,1-3H3/t13-,15+. The summed E-state index contributed by atoms with van der Waals surface area (Å²) in [6, 6.07) is 8.84. The number of nitrogens with two attached hydrogens (primary N) is 1. The van der Waals surface area contributed by atoms with Gasteiger partial charge in [-0.2, -0.15) is 0 Å². The summed E-state index contributed by atoms with van der Waals surface area (Å²) in [6.45, 7) is 6.84. The van der Waals surface area contributed by atoms with Crippen LogP contribution >= 0.6 is 0 Å². The molecule has 0 amide bonds. The number of ether oxygens (including phenoxy) is 1. The van der Waals surface area contributed by atoms with Crippen molar-refractivity contribution in [2.75, 3.05) is 0 Å². The predicted molar refractivity (Wildman–Crippen MR) is 75.8 cm³/mol. The van der Waals surface area contributed by atoms with Crippen LogP contribution in [0.2, 0.25) is 0 Å². The number of aryl methyl sites for hydroxylation is 1. The fraction of sp³-hybridized carbons (Fsp3) is 0.625. The summed E-state index contributed by atoms with van der Waals surface area (Å²) >= 11 is 0. The molecule has 0 unspecified atom stereocenters. The van der Waals surface area contributed by atoms with Crippen LogP contribution in [0.4, 0.5) is 0 Å². The van der Waals surface area contributed by atoms with Gasteiger partial charge in [-0.25, -0.2) is 0 Å². The first-order valence-corrected chi connectivity index (χ1v) is 6.93. The highest BCUT2D eigenvalue weighted by atomic mass is 16.5. The average molecular weight is 247 g/mol. The van der Waals surface area contributed by atoms with Crippen LogP contribution in [0.15, 0.2) is 24.3 Å². The molecule has 0 aliphatic heterocycles. The molecule has 1 fully saturated rings. The van der Waals surface area contributed by atoms with E-state index in [0.29, 0.717) is 17.6 Å². The van der Waals surface area contributed by atoms with Crippen molar-refractivity contribution in [2.24, 2.45) is 11.1 Å². The molecule has 1 saturated carbocycles. The van der Waals surface area contributed by atoms with Gasteiger partial charge in [-0.3, -0.25) is 0 Å². The number of benzene rings is 1. The van der Waals surface area contributed by atoms with E-state index in [1.165, 1.54) is 12.0 Å². The van der Waals surface area contributed by atoms with E-state index in [4.69, 9.17) is 10.5 Å². The van der Waals surface area contributed by atoms with Crippen LogP contribution in [-0.4, -0.2) is 12.1 Å². The Morgan fingerprint density at radius 2 is 2.00 bits per heavy atom. The third-order valence-electron chi connectivity index (χ3n) is 3.50. The largest absolute Gasteiger partial charge is 0.490 e. The van der Waals surface area contributed by atoms with Crippen LogP contribution in [0, 0.1) is 5.41 Å². The summed E-state index contributed by atoms with van der Waals surface area (Å²) in [4.78, 5) is 0. The van der Waals surface area contributed by atoms with Crippen molar-refractivity contribution in [3.05, 3.63) is 29.8 Å². The lowest BCUT2D eigenvalue weighted by Gasteiger charge is -2.32. The summed E-state index contributed by atoms with van der Waals surface area (Å²) < 4.78 is 5.91. The normalized spacial score (nSPS) is 23.6. The molecule has 0 heterocycles. The lowest BCUT2D eigenvalue weighted by molar-refractivity contribution is 0.101. The summed E-state index contributed by atoms with van der Waals surface area (Å²) in [5, 5.41) is 0. The minimum atomic E-state index is 0.331. The van der Waals surface area contributed by atoms with Crippen LogP contribution in [0.5, 0.6) is 5.75 Å². The van der Waals surface area contributed by atoms with E-state index in [1.54, 1.807) is 0 Å². The quantitative estimate of drug-likeness (QED) is 0.883. The topological polar surface area (TPSA) is 35.2 Å². The number of hydrogen-bond donors (Lipinski definition) is 1. The van der Waals surface area contributed by atoms with Gasteiger partial charge >= 0.3 is 0 Å². The van der Waals surface area contributed by atoms with Gasteiger partial charge in [-0.1, -0.05) is 32.9 Å². The second-order valence-electron chi connectivity index (χ2n) is 6.68. The Balaban J connectivity index is 1.89. The molecule has 0 saturated heterocycles. The van der Waals surface area contributed by atoms with Crippen molar-refractivity contribution in [1.29, 1.82) is 0 Å². The van der Waals surface area contributed by atoms with E-state index < -0.39 is 0 Å². The van der Waals surface area contributed by atoms with Crippen LogP contribution in [0.3, 0.4) is 0 Å². The molecule has 1 aromatic carbocycles. The van der Waals surface area contributed by atoms with Gasteiger partial charge < -0.3 is 10.5 Å². The molecule has 0 atom stereocenters. The van der Waals surface area contributed by atoms with Gasteiger partial charge in [0.15, 0.2) is 0 Å². The van der Waals surface area contributed by atoms with E-state index in [9.17, 15) is 0 Å². The van der Waals surface area contributed by atoms with E-state index in [1.807, 2.05) is 6.07 Å². The smallest absolute Gasteiger partial charge is 0.119 e. The molecule has 18 heavy (non-hydrogen) atoms. The minimum Gasteiger partial charge on any atom is -0.490 e. The van der Waals surface area contributed by atoms with Crippen molar-refractivity contribution in [3.8, 4) is 5.75 Å². The molecule has 2 N–H and O–H groups in total. The molecule has 0 spiro atoms. The molecule has 100 valence electrons. The second-order valence-corrected chi connectivity index (χ2v) is 6.68. The number of rotatable bonds is 4. The Morgan fingerprint density at radius 3 is 2.61 bits per heavy atom. The minimum absolute atomic E-state index is 0.331. The molecule has 0 radical (unpaired) electrons. The second kappa shape index (κ2) is 5.31. The first kappa shape index (κ1) is 13.4. The van der Waals surface area contributed by atoms with Crippen molar-refractivity contribution in [3.63, 3.8) is 0 Å². The van der Waals surface area contributed by atoms with Crippen LogP contribution in [0.1, 0.15) is 45.6 Å². The van der Waals surface area contributed by atoms with Gasteiger partial charge in [0.2, 0.25) is 0 Å². The molecule has 0 aromatic heterocycles. The van der Waals surface area contributed by atoms with Gasteiger partial charge in [0.25, 0.3) is 0 Å². The maximum atomic E-state index is 5.91. The Kier molecular flexibility index (Phi) is 3.96. The van der Waals surface area contributed by atoms with Gasteiger partial charge in [0, 0.05) is 6.04 Å². The van der Waals surface area contributed by atoms with E-state index in [0.717, 1.165) is 25.0 Å². The Morgan fingerprint density at radius 1 is 1.28 bits per heavy atom. The van der Waals surface area contributed by atoms with Crippen molar-refractivity contribution in [1.82, 2.24) is 0 Å². The maximum Gasteiger partial charge on any atom is 0.119 e. The summed E-state index contributed by atoms with van der Waals surface area (Å²) in [6.07, 6.45) is 4.63. The fourth-order valence-corrected chi connectivity index (χ4v) is 2.19. The van der Waals surface area contributed by atoms with Crippen LogP contribution < -0.4 is 10.5 Å². The summed E-state index contributed by atoms with van der Waals surface area (Å²) in [5.41, 5.74) is 7.52.